The Bertz CT molecular complexity index is 737. The van der Waals surface area contributed by atoms with Crippen LogP contribution in [0, 0.1) is 0 Å². The molecule has 1 amide bonds. The highest BCUT2D eigenvalue weighted by Gasteiger charge is 2.12. The van der Waals surface area contributed by atoms with E-state index < -0.39 is 0 Å². The molecule has 0 aliphatic rings. The first-order valence-electron chi connectivity index (χ1n) is 7.08. The summed E-state index contributed by atoms with van der Waals surface area (Å²) in [6, 6.07) is 10.8. The maximum atomic E-state index is 12.4. The fourth-order valence-corrected chi connectivity index (χ4v) is 2.28. The van der Waals surface area contributed by atoms with Gasteiger partial charge in [0.15, 0.2) is 0 Å². The molecule has 1 N–H and O–H groups in total. The normalized spacial score (nSPS) is 11.7. The van der Waals surface area contributed by atoms with Crippen LogP contribution in [0.1, 0.15) is 22.8 Å². The van der Waals surface area contributed by atoms with Crippen molar-refractivity contribution in [1.82, 2.24) is 10.3 Å². The quantitative estimate of drug-likeness (QED) is 0.622. The summed E-state index contributed by atoms with van der Waals surface area (Å²) in [5, 5.41) is 3.75. The molecule has 5 heteroatoms. The van der Waals surface area contributed by atoms with Crippen LogP contribution in [-0.4, -0.2) is 10.9 Å². The molecule has 0 spiro atoms. The number of hydrogen-bond donors (Lipinski definition) is 1. The van der Waals surface area contributed by atoms with Crippen LogP contribution in [-0.2, 0) is 6.42 Å². The predicted octanol–water partition coefficient (Wildman–Crippen LogP) is 4.82. The number of hydrogen-bond acceptors (Lipinski definition) is 2. The van der Waals surface area contributed by atoms with Crippen LogP contribution in [0.2, 0.25) is 10.2 Å². The average molecular weight is 347 g/mol. The Morgan fingerprint density at radius 2 is 1.96 bits per heavy atom. The number of carbonyl (C=O) groups is 1. The standard InChI is InChI=1S/C18H16Cl2N2O/c1-2-3-5-15(12-13-7-9-14(19)10-8-13)22-18(23)16-6-4-11-21-17(16)20/h2-11H,12H2,1H3,(H,22,23)/b3-2-,15-5+. The lowest BCUT2D eigenvalue weighted by molar-refractivity contribution is 0.0965. The Morgan fingerprint density at radius 1 is 1.22 bits per heavy atom. The van der Waals surface area contributed by atoms with Crippen molar-refractivity contribution in [2.24, 2.45) is 0 Å². The maximum Gasteiger partial charge on any atom is 0.258 e. The first-order chi connectivity index (χ1) is 11.1. The van der Waals surface area contributed by atoms with Gasteiger partial charge in [-0.2, -0.15) is 0 Å². The third-order valence-corrected chi connectivity index (χ3v) is 3.63. The van der Waals surface area contributed by atoms with Crippen molar-refractivity contribution in [3.8, 4) is 0 Å². The molecule has 2 rings (SSSR count). The van der Waals surface area contributed by atoms with Crippen LogP contribution < -0.4 is 5.32 Å². The van der Waals surface area contributed by atoms with Gasteiger partial charge in [-0.15, -0.1) is 0 Å². The number of aromatic nitrogens is 1. The van der Waals surface area contributed by atoms with E-state index in [0.29, 0.717) is 17.0 Å². The highest BCUT2D eigenvalue weighted by atomic mass is 35.5. The summed E-state index contributed by atoms with van der Waals surface area (Å²) in [4.78, 5) is 16.3. The number of halogens is 2. The van der Waals surface area contributed by atoms with Crippen LogP contribution in [0.5, 0.6) is 0 Å². The van der Waals surface area contributed by atoms with E-state index in [-0.39, 0.29) is 11.1 Å². The molecule has 0 radical (unpaired) electrons. The Kier molecular flexibility index (Phi) is 6.39. The Labute approximate surface area is 145 Å². The molecule has 0 fully saturated rings. The molecule has 0 atom stereocenters. The van der Waals surface area contributed by atoms with Gasteiger partial charge in [0.1, 0.15) is 5.15 Å². The Morgan fingerprint density at radius 3 is 2.61 bits per heavy atom. The molecule has 0 saturated heterocycles. The number of allylic oxidation sites excluding steroid dienone is 4. The van der Waals surface area contributed by atoms with Gasteiger partial charge in [0.05, 0.1) is 5.56 Å². The summed E-state index contributed by atoms with van der Waals surface area (Å²) < 4.78 is 0. The SMILES string of the molecule is C/C=C\C=C(/Cc1ccc(Cl)cc1)NC(=O)c1cccnc1Cl. The molecule has 0 unspecified atom stereocenters. The van der Waals surface area contributed by atoms with E-state index in [1.165, 1.54) is 0 Å². The molecule has 1 aromatic carbocycles. The van der Waals surface area contributed by atoms with Crippen LogP contribution >= 0.6 is 23.2 Å². The van der Waals surface area contributed by atoms with E-state index in [0.717, 1.165) is 11.3 Å². The number of benzene rings is 1. The average Bonchev–Trinajstić information content (AvgIpc) is 2.55. The van der Waals surface area contributed by atoms with Crippen molar-refractivity contribution in [2.75, 3.05) is 0 Å². The second-order valence-corrected chi connectivity index (χ2v) is 5.61. The van der Waals surface area contributed by atoms with E-state index >= 15 is 0 Å². The molecule has 0 saturated carbocycles. The Hall–Kier alpha value is -2.10. The minimum Gasteiger partial charge on any atom is -0.325 e. The van der Waals surface area contributed by atoms with E-state index in [1.54, 1.807) is 18.3 Å². The van der Waals surface area contributed by atoms with Crippen molar-refractivity contribution < 1.29 is 4.79 Å². The fourth-order valence-electron chi connectivity index (χ4n) is 1.95. The molecule has 1 aromatic heterocycles. The summed E-state index contributed by atoms with van der Waals surface area (Å²) in [5.74, 6) is -0.284. The lowest BCUT2D eigenvalue weighted by atomic mass is 10.1. The minimum atomic E-state index is -0.284. The van der Waals surface area contributed by atoms with Gasteiger partial charge in [0.2, 0.25) is 0 Å². The smallest absolute Gasteiger partial charge is 0.258 e. The topological polar surface area (TPSA) is 42.0 Å². The first kappa shape index (κ1) is 17.3. The van der Waals surface area contributed by atoms with Crippen molar-refractivity contribution in [1.29, 1.82) is 0 Å². The van der Waals surface area contributed by atoms with Gasteiger partial charge in [-0.3, -0.25) is 4.79 Å². The highest BCUT2D eigenvalue weighted by Crippen LogP contribution is 2.15. The number of amides is 1. The summed E-state index contributed by atoms with van der Waals surface area (Å²) in [6.45, 7) is 1.91. The highest BCUT2D eigenvalue weighted by molar-refractivity contribution is 6.32. The molecule has 23 heavy (non-hydrogen) atoms. The summed E-state index contributed by atoms with van der Waals surface area (Å²) in [6.07, 6.45) is 7.74. The maximum absolute atomic E-state index is 12.4. The number of rotatable bonds is 5. The van der Waals surface area contributed by atoms with Crippen molar-refractivity contribution in [3.05, 3.63) is 87.8 Å². The van der Waals surface area contributed by atoms with E-state index in [4.69, 9.17) is 23.2 Å². The van der Waals surface area contributed by atoms with Crippen LogP contribution in [0.3, 0.4) is 0 Å². The molecule has 3 nitrogen and oxygen atoms in total. The van der Waals surface area contributed by atoms with Crippen LogP contribution in [0.25, 0.3) is 0 Å². The summed E-state index contributed by atoms with van der Waals surface area (Å²) in [7, 11) is 0. The van der Waals surface area contributed by atoms with Crippen molar-refractivity contribution >= 4 is 29.1 Å². The number of pyridine rings is 1. The molecule has 1 heterocycles. The molecule has 0 aliphatic heterocycles. The van der Waals surface area contributed by atoms with Gasteiger partial charge in [0, 0.05) is 23.3 Å². The largest absolute Gasteiger partial charge is 0.325 e. The van der Waals surface area contributed by atoms with E-state index in [1.807, 2.05) is 49.4 Å². The molecule has 0 aliphatic carbocycles. The lowest BCUT2D eigenvalue weighted by Gasteiger charge is -2.10. The second kappa shape index (κ2) is 8.51. The Balaban J connectivity index is 2.17. The predicted molar refractivity (Wildman–Crippen MR) is 94.8 cm³/mol. The van der Waals surface area contributed by atoms with Gasteiger partial charge in [0.25, 0.3) is 5.91 Å². The fraction of sp³-hybridized carbons (Fsp3) is 0.111. The third-order valence-electron chi connectivity index (χ3n) is 3.08. The molecular weight excluding hydrogens is 331 g/mol. The number of carbonyl (C=O) groups excluding carboxylic acids is 1. The van der Waals surface area contributed by atoms with Gasteiger partial charge < -0.3 is 5.32 Å². The molecule has 2 aromatic rings. The van der Waals surface area contributed by atoms with Crippen LogP contribution in [0.15, 0.2) is 66.5 Å². The zero-order valence-electron chi connectivity index (χ0n) is 12.6. The van der Waals surface area contributed by atoms with E-state index in [9.17, 15) is 4.79 Å². The zero-order chi connectivity index (χ0) is 16.7. The first-order valence-corrected chi connectivity index (χ1v) is 7.84. The summed E-state index contributed by atoms with van der Waals surface area (Å²) in [5.41, 5.74) is 2.15. The summed E-state index contributed by atoms with van der Waals surface area (Å²) >= 11 is 11.9. The number of nitrogens with zero attached hydrogens (tertiary/aromatic N) is 1. The lowest BCUT2D eigenvalue weighted by Crippen LogP contribution is -2.24. The third kappa shape index (κ3) is 5.23. The molecular formula is C18H16Cl2N2O. The van der Waals surface area contributed by atoms with Gasteiger partial charge in [-0.1, -0.05) is 47.5 Å². The van der Waals surface area contributed by atoms with Gasteiger partial charge in [-0.05, 0) is 42.8 Å². The monoisotopic (exact) mass is 346 g/mol. The van der Waals surface area contributed by atoms with E-state index in [2.05, 4.69) is 10.3 Å². The minimum absolute atomic E-state index is 0.182. The zero-order valence-corrected chi connectivity index (χ0v) is 14.1. The van der Waals surface area contributed by atoms with Gasteiger partial charge in [-0.25, -0.2) is 4.98 Å². The molecule has 118 valence electrons. The molecule has 0 bridgehead atoms. The van der Waals surface area contributed by atoms with Crippen molar-refractivity contribution in [2.45, 2.75) is 13.3 Å². The van der Waals surface area contributed by atoms with Crippen LogP contribution in [0.4, 0.5) is 0 Å². The van der Waals surface area contributed by atoms with Gasteiger partial charge >= 0.3 is 0 Å². The van der Waals surface area contributed by atoms with Crippen molar-refractivity contribution in [3.63, 3.8) is 0 Å². The number of nitrogens with one attached hydrogen (secondary N) is 1. The second-order valence-electron chi connectivity index (χ2n) is 4.82.